The van der Waals surface area contributed by atoms with Gasteiger partial charge in [0.1, 0.15) is 0 Å². The minimum Gasteiger partial charge on any atom is -0.347 e. The molecule has 0 bridgehead atoms. The second-order valence-electron chi connectivity index (χ2n) is 5.23. The third kappa shape index (κ3) is 3.67. The summed E-state index contributed by atoms with van der Waals surface area (Å²) in [6.45, 7) is 6.11. The summed E-state index contributed by atoms with van der Waals surface area (Å²) in [5.41, 5.74) is 0.774. The molecule has 2 nitrogen and oxygen atoms in total. The van der Waals surface area contributed by atoms with E-state index in [1.54, 1.807) is 11.3 Å². The van der Waals surface area contributed by atoms with Crippen LogP contribution in [0.2, 0.25) is 0 Å². The molecule has 2 aromatic rings. The summed E-state index contributed by atoms with van der Waals surface area (Å²) in [5.74, 6) is 0.0655. The minimum atomic E-state index is -0.343. The zero-order valence-corrected chi connectivity index (χ0v) is 12.4. The van der Waals surface area contributed by atoms with Gasteiger partial charge in [-0.15, -0.1) is 11.3 Å². The molecule has 0 aliphatic carbocycles. The van der Waals surface area contributed by atoms with E-state index in [2.05, 4.69) is 18.3 Å². The van der Waals surface area contributed by atoms with Crippen molar-refractivity contribution in [3.63, 3.8) is 0 Å². The first-order chi connectivity index (χ1) is 8.97. The van der Waals surface area contributed by atoms with E-state index < -0.39 is 0 Å². The molecule has 3 heteroatoms. The SMILES string of the molecule is Cc1ccc(CC(=O)NC(C)(C)c2ccccc2)s1. The van der Waals surface area contributed by atoms with E-state index in [9.17, 15) is 4.79 Å². The number of benzene rings is 1. The van der Waals surface area contributed by atoms with Gasteiger partial charge in [-0.3, -0.25) is 4.79 Å². The van der Waals surface area contributed by atoms with Crippen LogP contribution in [-0.4, -0.2) is 5.91 Å². The van der Waals surface area contributed by atoms with Crippen LogP contribution in [0.1, 0.15) is 29.2 Å². The number of thiophene rings is 1. The van der Waals surface area contributed by atoms with E-state index in [1.807, 2.05) is 50.2 Å². The molecule has 1 aromatic carbocycles. The lowest BCUT2D eigenvalue weighted by Crippen LogP contribution is -2.41. The highest BCUT2D eigenvalue weighted by Gasteiger charge is 2.22. The maximum Gasteiger partial charge on any atom is 0.225 e. The fourth-order valence-corrected chi connectivity index (χ4v) is 2.95. The van der Waals surface area contributed by atoms with Gasteiger partial charge in [-0.25, -0.2) is 0 Å². The molecular weight excluding hydrogens is 254 g/mol. The van der Waals surface area contributed by atoms with Crippen LogP contribution in [0, 0.1) is 6.92 Å². The van der Waals surface area contributed by atoms with E-state index in [0.717, 1.165) is 10.4 Å². The van der Waals surface area contributed by atoms with Gasteiger partial charge in [-0.2, -0.15) is 0 Å². The summed E-state index contributed by atoms with van der Waals surface area (Å²) in [6.07, 6.45) is 0.453. The van der Waals surface area contributed by atoms with Crippen molar-refractivity contribution in [3.8, 4) is 0 Å². The van der Waals surface area contributed by atoms with Crippen LogP contribution < -0.4 is 5.32 Å². The summed E-state index contributed by atoms with van der Waals surface area (Å²) in [6, 6.07) is 14.1. The van der Waals surface area contributed by atoms with Gasteiger partial charge in [0.2, 0.25) is 5.91 Å². The molecule has 0 spiro atoms. The normalized spacial score (nSPS) is 11.3. The Morgan fingerprint density at radius 1 is 1.16 bits per heavy atom. The first kappa shape index (κ1) is 13.8. The second-order valence-corrected chi connectivity index (χ2v) is 6.60. The average Bonchev–Trinajstić information content (AvgIpc) is 2.75. The average molecular weight is 273 g/mol. The third-order valence-electron chi connectivity index (χ3n) is 3.08. The maximum absolute atomic E-state index is 12.1. The van der Waals surface area contributed by atoms with Crippen LogP contribution in [0.4, 0.5) is 0 Å². The Hall–Kier alpha value is -1.61. The number of nitrogens with one attached hydrogen (secondary N) is 1. The highest BCUT2D eigenvalue weighted by atomic mass is 32.1. The fourth-order valence-electron chi connectivity index (χ4n) is 2.06. The highest BCUT2D eigenvalue weighted by Crippen LogP contribution is 2.20. The molecule has 0 saturated carbocycles. The van der Waals surface area contributed by atoms with Gasteiger partial charge < -0.3 is 5.32 Å². The van der Waals surface area contributed by atoms with Gasteiger partial charge in [0.25, 0.3) is 0 Å². The van der Waals surface area contributed by atoms with E-state index in [-0.39, 0.29) is 11.4 Å². The minimum absolute atomic E-state index is 0.0655. The Bertz CT molecular complexity index is 557. The van der Waals surface area contributed by atoms with Gasteiger partial charge in [0.15, 0.2) is 0 Å². The quantitative estimate of drug-likeness (QED) is 0.905. The molecule has 1 N–H and O–H groups in total. The fraction of sp³-hybridized carbons (Fsp3) is 0.312. The van der Waals surface area contributed by atoms with Crippen LogP contribution in [0.25, 0.3) is 0 Å². The Kier molecular flexibility index (Phi) is 4.05. The summed E-state index contributed by atoms with van der Waals surface area (Å²) < 4.78 is 0. The molecule has 0 fully saturated rings. The smallest absolute Gasteiger partial charge is 0.225 e. The van der Waals surface area contributed by atoms with Crippen molar-refractivity contribution in [2.75, 3.05) is 0 Å². The molecule has 19 heavy (non-hydrogen) atoms. The molecule has 0 aliphatic rings. The van der Waals surface area contributed by atoms with E-state index in [1.165, 1.54) is 4.88 Å². The van der Waals surface area contributed by atoms with Gasteiger partial charge in [0, 0.05) is 9.75 Å². The van der Waals surface area contributed by atoms with Crippen molar-refractivity contribution in [2.45, 2.75) is 32.7 Å². The molecular formula is C16H19NOS. The standard InChI is InChI=1S/C16H19NOS/c1-12-9-10-14(19-12)11-15(18)17-16(2,3)13-7-5-4-6-8-13/h4-10H,11H2,1-3H3,(H,17,18). The van der Waals surface area contributed by atoms with Crippen molar-refractivity contribution in [2.24, 2.45) is 0 Å². The Labute approximate surface area is 118 Å². The van der Waals surface area contributed by atoms with E-state index >= 15 is 0 Å². The number of carbonyl (C=O) groups is 1. The van der Waals surface area contributed by atoms with Crippen molar-refractivity contribution in [1.82, 2.24) is 5.32 Å². The molecule has 2 rings (SSSR count). The third-order valence-corrected chi connectivity index (χ3v) is 4.08. The Morgan fingerprint density at radius 3 is 2.42 bits per heavy atom. The van der Waals surface area contributed by atoms with Crippen LogP contribution >= 0.6 is 11.3 Å². The molecule has 100 valence electrons. The lowest BCUT2D eigenvalue weighted by atomic mass is 9.94. The summed E-state index contributed by atoms with van der Waals surface area (Å²) in [5, 5.41) is 3.10. The second kappa shape index (κ2) is 5.57. The molecule has 0 atom stereocenters. The molecule has 0 saturated heterocycles. The van der Waals surface area contributed by atoms with Crippen LogP contribution in [0.5, 0.6) is 0 Å². The maximum atomic E-state index is 12.1. The molecule has 0 radical (unpaired) electrons. The van der Waals surface area contributed by atoms with Gasteiger partial charge in [-0.1, -0.05) is 30.3 Å². The van der Waals surface area contributed by atoms with Gasteiger partial charge in [-0.05, 0) is 38.5 Å². The van der Waals surface area contributed by atoms with Crippen molar-refractivity contribution in [3.05, 3.63) is 57.8 Å². The van der Waals surface area contributed by atoms with Crippen LogP contribution in [-0.2, 0) is 16.8 Å². The summed E-state index contributed by atoms with van der Waals surface area (Å²) in [7, 11) is 0. The largest absolute Gasteiger partial charge is 0.347 e. The highest BCUT2D eigenvalue weighted by molar-refractivity contribution is 7.12. The lowest BCUT2D eigenvalue weighted by Gasteiger charge is -2.26. The van der Waals surface area contributed by atoms with E-state index in [4.69, 9.17) is 0 Å². The monoisotopic (exact) mass is 273 g/mol. The zero-order chi connectivity index (χ0) is 13.9. The molecule has 0 unspecified atom stereocenters. The van der Waals surface area contributed by atoms with Gasteiger partial charge in [0.05, 0.1) is 12.0 Å². The Balaban J connectivity index is 2.02. The molecule has 0 aliphatic heterocycles. The summed E-state index contributed by atoms with van der Waals surface area (Å²) >= 11 is 1.68. The van der Waals surface area contributed by atoms with Crippen LogP contribution in [0.3, 0.4) is 0 Å². The lowest BCUT2D eigenvalue weighted by molar-refractivity contribution is -0.122. The topological polar surface area (TPSA) is 29.1 Å². The number of hydrogen-bond donors (Lipinski definition) is 1. The number of hydrogen-bond acceptors (Lipinski definition) is 2. The van der Waals surface area contributed by atoms with E-state index in [0.29, 0.717) is 6.42 Å². The molecule has 1 aromatic heterocycles. The Morgan fingerprint density at radius 2 is 1.84 bits per heavy atom. The predicted molar refractivity (Wildman–Crippen MR) is 80.4 cm³/mol. The van der Waals surface area contributed by atoms with Crippen LogP contribution in [0.15, 0.2) is 42.5 Å². The molecule has 1 amide bonds. The number of carbonyl (C=O) groups excluding carboxylic acids is 1. The number of amides is 1. The van der Waals surface area contributed by atoms with Crippen molar-refractivity contribution >= 4 is 17.2 Å². The van der Waals surface area contributed by atoms with Crippen molar-refractivity contribution < 1.29 is 4.79 Å². The number of rotatable bonds is 4. The molecule has 1 heterocycles. The predicted octanol–water partition coefficient (Wildman–Crippen LogP) is 3.65. The van der Waals surface area contributed by atoms with Gasteiger partial charge >= 0.3 is 0 Å². The first-order valence-electron chi connectivity index (χ1n) is 6.39. The van der Waals surface area contributed by atoms with Crippen molar-refractivity contribution in [1.29, 1.82) is 0 Å². The number of aryl methyl sites for hydroxylation is 1. The zero-order valence-electron chi connectivity index (χ0n) is 11.6. The summed E-state index contributed by atoms with van der Waals surface area (Å²) in [4.78, 5) is 14.5. The first-order valence-corrected chi connectivity index (χ1v) is 7.21.